The number of aryl methyl sites for hydroxylation is 2. The van der Waals surface area contributed by atoms with Crippen LogP contribution in [0, 0.1) is 6.92 Å². The highest BCUT2D eigenvalue weighted by Gasteiger charge is 2.03. The average Bonchev–Trinajstić information content (AvgIpc) is 2.73. The van der Waals surface area contributed by atoms with Crippen LogP contribution in [-0.2, 0) is 13.6 Å². The number of nitrogens with one attached hydrogen (secondary N) is 1. The number of hydrogen-bond acceptors (Lipinski definition) is 3. The minimum Gasteiger partial charge on any atom is -0.494 e. The van der Waals surface area contributed by atoms with E-state index in [0.717, 1.165) is 36.7 Å². The zero-order valence-corrected chi connectivity index (χ0v) is 11.8. The molecule has 0 spiro atoms. The minimum atomic E-state index is 0.755. The van der Waals surface area contributed by atoms with Crippen LogP contribution in [0.25, 0.3) is 0 Å². The molecule has 102 valence electrons. The second-order valence-electron chi connectivity index (χ2n) is 4.64. The van der Waals surface area contributed by atoms with Crippen molar-refractivity contribution in [1.29, 1.82) is 0 Å². The second kappa shape index (κ2) is 6.27. The molecule has 0 aliphatic carbocycles. The van der Waals surface area contributed by atoms with Crippen LogP contribution in [0.1, 0.15) is 24.6 Å². The fourth-order valence-electron chi connectivity index (χ4n) is 1.94. The SMILES string of the molecule is CCCOc1cccc(NCc2cn(C)nc2C)c1. The highest BCUT2D eigenvalue weighted by Crippen LogP contribution is 2.18. The number of benzene rings is 1. The smallest absolute Gasteiger partial charge is 0.121 e. The molecule has 19 heavy (non-hydrogen) atoms. The first-order chi connectivity index (χ1) is 9.19. The Morgan fingerprint density at radius 1 is 1.37 bits per heavy atom. The largest absolute Gasteiger partial charge is 0.494 e. The molecule has 0 aliphatic heterocycles. The van der Waals surface area contributed by atoms with Crippen LogP contribution in [0.5, 0.6) is 5.75 Å². The standard InChI is InChI=1S/C15H21N3O/c1-4-8-19-15-7-5-6-14(9-15)16-10-13-11-18(3)17-12(13)2/h5-7,9,11,16H,4,8,10H2,1-3H3. The molecule has 1 aromatic heterocycles. The van der Waals surface area contributed by atoms with Gasteiger partial charge in [0.2, 0.25) is 0 Å². The zero-order chi connectivity index (χ0) is 13.7. The molecule has 0 radical (unpaired) electrons. The van der Waals surface area contributed by atoms with Crippen LogP contribution >= 0.6 is 0 Å². The first-order valence-electron chi connectivity index (χ1n) is 6.65. The van der Waals surface area contributed by atoms with Crippen molar-refractivity contribution in [3.05, 3.63) is 41.7 Å². The predicted molar refractivity (Wildman–Crippen MR) is 77.5 cm³/mol. The first kappa shape index (κ1) is 13.5. The minimum absolute atomic E-state index is 0.755. The summed E-state index contributed by atoms with van der Waals surface area (Å²) in [6.07, 6.45) is 3.06. The fraction of sp³-hybridized carbons (Fsp3) is 0.400. The predicted octanol–water partition coefficient (Wildman–Crippen LogP) is 3.13. The molecule has 0 aliphatic rings. The van der Waals surface area contributed by atoms with Crippen molar-refractivity contribution in [3.63, 3.8) is 0 Å². The lowest BCUT2D eigenvalue weighted by Gasteiger charge is -2.09. The van der Waals surface area contributed by atoms with Crippen molar-refractivity contribution in [2.75, 3.05) is 11.9 Å². The van der Waals surface area contributed by atoms with E-state index in [4.69, 9.17) is 4.74 Å². The molecule has 4 heteroatoms. The number of anilines is 1. The van der Waals surface area contributed by atoms with Gasteiger partial charge in [0.15, 0.2) is 0 Å². The maximum atomic E-state index is 5.62. The van der Waals surface area contributed by atoms with Crippen molar-refractivity contribution >= 4 is 5.69 Å². The van der Waals surface area contributed by atoms with Gasteiger partial charge in [-0.25, -0.2) is 0 Å². The van der Waals surface area contributed by atoms with E-state index in [2.05, 4.69) is 17.3 Å². The van der Waals surface area contributed by atoms with Crippen LogP contribution in [0.4, 0.5) is 5.69 Å². The van der Waals surface area contributed by atoms with E-state index >= 15 is 0 Å². The number of aromatic nitrogens is 2. The maximum absolute atomic E-state index is 5.62. The summed E-state index contributed by atoms with van der Waals surface area (Å²) in [7, 11) is 1.94. The van der Waals surface area contributed by atoms with E-state index < -0.39 is 0 Å². The Hall–Kier alpha value is -1.97. The zero-order valence-electron chi connectivity index (χ0n) is 11.8. The van der Waals surface area contributed by atoms with E-state index in [-0.39, 0.29) is 0 Å². The molecule has 0 saturated carbocycles. The summed E-state index contributed by atoms with van der Waals surface area (Å²) in [4.78, 5) is 0. The maximum Gasteiger partial charge on any atom is 0.121 e. The van der Waals surface area contributed by atoms with E-state index in [1.807, 2.05) is 49.1 Å². The normalized spacial score (nSPS) is 10.5. The van der Waals surface area contributed by atoms with Crippen LogP contribution in [-0.4, -0.2) is 16.4 Å². The molecule has 4 nitrogen and oxygen atoms in total. The molecular weight excluding hydrogens is 238 g/mol. The molecule has 1 heterocycles. The molecule has 0 amide bonds. The van der Waals surface area contributed by atoms with Crippen LogP contribution in [0.3, 0.4) is 0 Å². The molecule has 0 bridgehead atoms. The van der Waals surface area contributed by atoms with Crippen molar-refractivity contribution in [3.8, 4) is 5.75 Å². The van der Waals surface area contributed by atoms with Crippen molar-refractivity contribution in [1.82, 2.24) is 9.78 Å². The van der Waals surface area contributed by atoms with E-state index in [9.17, 15) is 0 Å². The van der Waals surface area contributed by atoms with Gasteiger partial charge >= 0.3 is 0 Å². The molecule has 0 unspecified atom stereocenters. The van der Waals surface area contributed by atoms with Crippen LogP contribution in [0.2, 0.25) is 0 Å². The summed E-state index contributed by atoms with van der Waals surface area (Å²) in [5.74, 6) is 0.912. The summed E-state index contributed by atoms with van der Waals surface area (Å²) in [5, 5.41) is 7.73. The van der Waals surface area contributed by atoms with E-state index in [1.54, 1.807) is 0 Å². The summed E-state index contributed by atoms with van der Waals surface area (Å²) >= 11 is 0. The lowest BCUT2D eigenvalue weighted by molar-refractivity contribution is 0.317. The van der Waals surface area contributed by atoms with Gasteiger partial charge in [-0.15, -0.1) is 0 Å². The molecule has 0 saturated heterocycles. The molecule has 1 N–H and O–H groups in total. The summed E-state index contributed by atoms with van der Waals surface area (Å²) in [6, 6.07) is 8.06. The quantitative estimate of drug-likeness (QED) is 0.866. The number of ether oxygens (including phenoxy) is 1. The van der Waals surface area contributed by atoms with Gasteiger partial charge in [0.1, 0.15) is 5.75 Å². The Morgan fingerprint density at radius 2 is 2.21 bits per heavy atom. The number of hydrogen-bond donors (Lipinski definition) is 1. The third-order valence-electron chi connectivity index (χ3n) is 2.90. The second-order valence-corrected chi connectivity index (χ2v) is 4.64. The van der Waals surface area contributed by atoms with Gasteiger partial charge in [0.25, 0.3) is 0 Å². The summed E-state index contributed by atoms with van der Waals surface area (Å²) in [6.45, 7) is 5.66. The Bertz CT molecular complexity index is 534. The third kappa shape index (κ3) is 3.74. The fourth-order valence-corrected chi connectivity index (χ4v) is 1.94. The van der Waals surface area contributed by atoms with E-state index in [1.165, 1.54) is 5.56 Å². The van der Waals surface area contributed by atoms with Crippen molar-refractivity contribution in [2.45, 2.75) is 26.8 Å². The first-order valence-corrected chi connectivity index (χ1v) is 6.65. The average molecular weight is 259 g/mol. The lowest BCUT2D eigenvalue weighted by atomic mass is 10.2. The summed E-state index contributed by atoms with van der Waals surface area (Å²) < 4.78 is 7.46. The highest BCUT2D eigenvalue weighted by molar-refractivity contribution is 5.48. The molecule has 0 atom stereocenters. The van der Waals surface area contributed by atoms with E-state index in [0.29, 0.717) is 0 Å². The van der Waals surface area contributed by atoms with Crippen LogP contribution in [0.15, 0.2) is 30.5 Å². The molecule has 2 aromatic rings. The van der Waals surface area contributed by atoms with Gasteiger partial charge in [-0.1, -0.05) is 13.0 Å². The molecule has 0 fully saturated rings. The highest BCUT2D eigenvalue weighted by atomic mass is 16.5. The molecular formula is C15H21N3O. The van der Waals surface area contributed by atoms with Gasteiger partial charge in [-0.3, -0.25) is 4.68 Å². The van der Waals surface area contributed by atoms with Gasteiger partial charge in [0.05, 0.1) is 12.3 Å². The summed E-state index contributed by atoms with van der Waals surface area (Å²) in [5.41, 5.74) is 3.34. The Labute approximate surface area is 114 Å². The third-order valence-corrected chi connectivity index (χ3v) is 2.90. The topological polar surface area (TPSA) is 39.1 Å². The Kier molecular flexibility index (Phi) is 4.44. The monoisotopic (exact) mass is 259 g/mol. The van der Waals surface area contributed by atoms with Gasteiger partial charge in [-0.05, 0) is 25.5 Å². The molecule has 2 rings (SSSR count). The van der Waals surface area contributed by atoms with Gasteiger partial charge in [0, 0.05) is 37.1 Å². The van der Waals surface area contributed by atoms with Gasteiger partial charge < -0.3 is 10.1 Å². The Balaban J connectivity index is 1.97. The number of nitrogens with zero attached hydrogens (tertiary/aromatic N) is 2. The van der Waals surface area contributed by atoms with Crippen LogP contribution < -0.4 is 10.1 Å². The Morgan fingerprint density at radius 3 is 2.89 bits per heavy atom. The van der Waals surface area contributed by atoms with Gasteiger partial charge in [-0.2, -0.15) is 5.10 Å². The number of rotatable bonds is 6. The van der Waals surface area contributed by atoms with Crippen molar-refractivity contribution in [2.24, 2.45) is 7.05 Å². The van der Waals surface area contributed by atoms with Crippen molar-refractivity contribution < 1.29 is 4.74 Å². The lowest BCUT2D eigenvalue weighted by Crippen LogP contribution is -2.01. The molecule has 1 aromatic carbocycles.